The molecule has 10 heteroatoms. The van der Waals surface area contributed by atoms with E-state index in [4.69, 9.17) is 18.6 Å². The monoisotopic (exact) mass is 474 g/mol. The zero-order valence-corrected chi connectivity index (χ0v) is 18.6. The van der Waals surface area contributed by atoms with E-state index in [2.05, 4.69) is 5.32 Å². The van der Waals surface area contributed by atoms with Crippen LogP contribution in [0.4, 0.5) is 10.5 Å². The molecule has 5 rings (SSSR count). The van der Waals surface area contributed by atoms with Crippen molar-refractivity contribution >= 4 is 35.6 Å². The normalized spacial score (nSPS) is 16.0. The Kier molecular flexibility index (Phi) is 5.33. The number of nitrogens with one attached hydrogen (secondary N) is 1. The molecule has 2 aliphatic rings. The van der Waals surface area contributed by atoms with Crippen LogP contribution >= 0.6 is 0 Å². The maximum Gasteiger partial charge on any atom is 0.338 e. The minimum absolute atomic E-state index is 0.0331. The van der Waals surface area contributed by atoms with Crippen LogP contribution in [0.1, 0.15) is 21.7 Å². The molecule has 3 aromatic rings. The number of rotatable bonds is 4. The fraction of sp³-hybridized carbons (Fsp3) is 0.120. The number of hydrogen-bond donors (Lipinski definition) is 1. The molecule has 2 aromatic carbocycles. The van der Waals surface area contributed by atoms with Gasteiger partial charge >= 0.3 is 12.0 Å². The standard InChI is InChI=1S/C25H18N2O8/c1-13-16(4-3-5-17(13)24(30)32-2)19-9-7-15(35-19)11-18-22(28)26-25(31)27(23(18)29)14-6-8-20-21(10-14)34-12-33-20/h3-11H,12H2,1-2H3,(H,26,28,31)/b18-11+. The van der Waals surface area contributed by atoms with E-state index in [9.17, 15) is 19.2 Å². The van der Waals surface area contributed by atoms with Gasteiger partial charge in [-0.15, -0.1) is 0 Å². The summed E-state index contributed by atoms with van der Waals surface area (Å²) < 4.78 is 21.2. The third-order valence-electron chi connectivity index (χ3n) is 5.63. The van der Waals surface area contributed by atoms with Gasteiger partial charge in [0.15, 0.2) is 11.5 Å². The number of hydrogen-bond acceptors (Lipinski definition) is 8. The number of anilines is 1. The molecule has 3 heterocycles. The molecule has 1 saturated heterocycles. The van der Waals surface area contributed by atoms with E-state index in [0.29, 0.717) is 33.9 Å². The Morgan fingerprint density at radius 3 is 2.66 bits per heavy atom. The summed E-state index contributed by atoms with van der Waals surface area (Å²) in [6, 6.07) is 12.0. The van der Waals surface area contributed by atoms with E-state index >= 15 is 0 Å². The number of benzene rings is 2. The van der Waals surface area contributed by atoms with Crippen LogP contribution in [0.2, 0.25) is 0 Å². The van der Waals surface area contributed by atoms with Crippen molar-refractivity contribution in [2.24, 2.45) is 0 Å². The van der Waals surface area contributed by atoms with Gasteiger partial charge in [0, 0.05) is 11.6 Å². The molecular weight excluding hydrogens is 456 g/mol. The number of carbonyl (C=O) groups excluding carboxylic acids is 4. The number of fused-ring (bicyclic) bond motifs is 1. The van der Waals surface area contributed by atoms with Gasteiger partial charge in [-0.25, -0.2) is 14.5 Å². The van der Waals surface area contributed by atoms with Gasteiger partial charge in [0.1, 0.15) is 17.1 Å². The van der Waals surface area contributed by atoms with Gasteiger partial charge in [-0.05, 0) is 48.9 Å². The molecule has 176 valence electrons. The lowest BCUT2D eigenvalue weighted by molar-refractivity contribution is -0.122. The Bertz CT molecular complexity index is 1430. The Balaban J connectivity index is 1.47. The second-order valence-corrected chi connectivity index (χ2v) is 7.67. The second kappa shape index (κ2) is 8.49. The molecule has 0 bridgehead atoms. The first kappa shape index (κ1) is 22.0. The Morgan fingerprint density at radius 2 is 1.86 bits per heavy atom. The summed E-state index contributed by atoms with van der Waals surface area (Å²) in [6.07, 6.45) is 1.26. The molecule has 0 spiro atoms. The van der Waals surface area contributed by atoms with Gasteiger partial charge in [-0.3, -0.25) is 14.9 Å². The van der Waals surface area contributed by atoms with Gasteiger partial charge in [0.25, 0.3) is 11.8 Å². The topological polar surface area (TPSA) is 124 Å². The number of imide groups is 2. The Morgan fingerprint density at radius 1 is 1.06 bits per heavy atom. The SMILES string of the molecule is COC(=O)c1cccc(-c2ccc(/C=C3\C(=O)NC(=O)N(c4ccc5c(c4)OCO5)C3=O)o2)c1C. The van der Waals surface area contributed by atoms with Gasteiger partial charge in [-0.2, -0.15) is 0 Å². The molecule has 1 fully saturated rings. The van der Waals surface area contributed by atoms with Gasteiger partial charge in [-0.1, -0.05) is 12.1 Å². The summed E-state index contributed by atoms with van der Waals surface area (Å²) in [7, 11) is 1.30. The molecule has 10 nitrogen and oxygen atoms in total. The molecule has 0 saturated carbocycles. The zero-order valence-electron chi connectivity index (χ0n) is 18.6. The minimum atomic E-state index is -0.883. The second-order valence-electron chi connectivity index (χ2n) is 7.67. The summed E-state index contributed by atoms with van der Waals surface area (Å²) in [5.41, 5.74) is 1.61. The average molecular weight is 474 g/mol. The lowest BCUT2D eigenvalue weighted by Gasteiger charge is -2.26. The highest BCUT2D eigenvalue weighted by molar-refractivity contribution is 6.39. The summed E-state index contributed by atoms with van der Waals surface area (Å²) in [4.78, 5) is 50.9. The first-order chi connectivity index (χ1) is 16.9. The molecule has 1 N–H and O–H groups in total. The number of methoxy groups -OCH3 is 1. The number of nitrogens with zero attached hydrogens (tertiary/aromatic N) is 1. The van der Waals surface area contributed by atoms with Crippen LogP contribution in [0.15, 0.2) is 58.5 Å². The molecule has 2 aliphatic heterocycles. The number of ether oxygens (including phenoxy) is 3. The molecule has 0 aliphatic carbocycles. The Labute approximate surface area is 198 Å². The first-order valence-corrected chi connectivity index (χ1v) is 10.5. The summed E-state index contributed by atoms with van der Waals surface area (Å²) in [6.45, 7) is 1.79. The highest BCUT2D eigenvalue weighted by atomic mass is 16.7. The highest BCUT2D eigenvalue weighted by Gasteiger charge is 2.37. The predicted octanol–water partition coefficient (Wildman–Crippen LogP) is 3.44. The first-order valence-electron chi connectivity index (χ1n) is 10.5. The number of urea groups is 1. The van der Waals surface area contributed by atoms with E-state index in [-0.39, 0.29) is 23.8 Å². The minimum Gasteiger partial charge on any atom is -0.465 e. The van der Waals surface area contributed by atoms with Crippen molar-refractivity contribution in [2.45, 2.75) is 6.92 Å². The fourth-order valence-corrected chi connectivity index (χ4v) is 3.87. The third kappa shape index (κ3) is 3.80. The molecule has 0 atom stereocenters. The fourth-order valence-electron chi connectivity index (χ4n) is 3.87. The molecule has 0 radical (unpaired) electrons. The van der Waals surface area contributed by atoms with E-state index in [1.807, 2.05) is 0 Å². The molecule has 35 heavy (non-hydrogen) atoms. The van der Waals surface area contributed by atoms with Gasteiger partial charge < -0.3 is 18.6 Å². The van der Waals surface area contributed by atoms with Crippen molar-refractivity contribution in [3.8, 4) is 22.8 Å². The highest BCUT2D eigenvalue weighted by Crippen LogP contribution is 2.36. The smallest absolute Gasteiger partial charge is 0.338 e. The summed E-state index contributed by atoms with van der Waals surface area (Å²) >= 11 is 0. The number of furan rings is 1. The number of carbonyl (C=O) groups is 4. The van der Waals surface area contributed by atoms with Crippen LogP contribution < -0.4 is 19.7 Å². The van der Waals surface area contributed by atoms with E-state index in [0.717, 1.165) is 4.90 Å². The van der Waals surface area contributed by atoms with Crippen LogP contribution in [0.25, 0.3) is 17.4 Å². The largest absolute Gasteiger partial charge is 0.465 e. The summed E-state index contributed by atoms with van der Waals surface area (Å²) in [5, 5.41) is 2.16. The zero-order chi connectivity index (χ0) is 24.7. The third-order valence-corrected chi connectivity index (χ3v) is 5.63. The van der Waals surface area contributed by atoms with Gasteiger partial charge in [0.05, 0.1) is 18.4 Å². The van der Waals surface area contributed by atoms with E-state index < -0.39 is 23.8 Å². The number of amides is 4. The lowest BCUT2D eigenvalue weighted by Crippen LogP contribution is -2.54. The van der Waals surface area contributed by atoms with Crippen molar-refractivity contribution in [2.75, 3.05) is 18.8 Å². The van der Waals surface area contributed by atoms with Crippen LogP contribution in [0.3, 0.4) is 0 Å². The number of barbiturate groups is 1. The molecule has 4 amide bonds. The van der Waals surface area contributed by atoms with Gasteiger partial charge in [0.2, 0.25) is 6.79 Å². The van der Waals surface area contributed by atoms with E-state index in [1.54, 1.807) is 43.3 Å². The van der Waals surface area contributed by atoms with Crippen molar-refractivity contribution in [3.63, 3.8) is 0 Å². The lowest BCUT2D eigenvalue weighted by atomic mass is 10.0. The maximum atomic E-state index is 13.1. The Hall–Kier alpha value is -4.86. The van der Waals surface area contributed by atoms with Crippen LogP contribution in [-0.4, -0.2) is 37.7 Å². The van der Waals surface area contributed by atoms with Crippen molar-refractivity contribution in [1.29, 1.82) is 0 Å². The van der Waals surface area contributed by atoms with Crippen molar-refractivity contribution < 1.29 is 37.8 Å². The molecule has 1 aromatic heterocycles. The van der Waals surface area contributed by atoms with Crippen LogP contribution in [0, 0.1) is 6.92 Å². The average Bonchev–Trinajstić information content (AvgIpc) is 3.50. The van der Waals surface area contributed by atoms with Crippen molar-refractivity contribution in [1.82, 2.24) is 5.32 Å². The van der Waals surface area contributed by atoms with Crippen LogP contribution in [-0.2, 0) is 14.3 Å². The maximum absolute atomic E-state index is 13.1. The molecular formula is C25H18N2O8. The number of esters is 1. The van der Waals surface area contributed by atoms with E-state index in [1.165, 1.54) is 25.3 Å². The quantitative estimate of drug-likeness (QED) is 0.346. The summed E-state index contributed by atoms with van der Waals surface area (Å²) in [5.74, 6) is -0.644. The van der Waals surface area contributed by atoms with Crippen molar-refractivity contribution in [3.05, 3.63) is 71.0 Å². The van der Waals surface area contributed by atoms with Crippen LogP contribution in [0.5, 0.6) is 11.5 Å². The molecule has 0 unspecified atom stereocenters. The predicted molar refractivity (Wildman–Crippen MR) is 122 cm³/mol.